The van der Waals surface area contributed by atoms with Crippen LogP contribution in [0.2, 0.25) is 0 Å². The summed E-state index contributed by atoms with van der Waals surface area (Å²) in [7, 11) is 0. The van der Waals surface area contributed by atoms with E-state index >= 15 is 0 Å². The molecule has 2 N–H and O–H groups in total. The first kappa shape index (κ1) is 27.5. The zero-order valence-electron chi connectivity index (χ0n) is 21.0. The largest absolute Gasteiger partial charge is 0.459 e. The number of carbonyl (C=O) groups excluding carboxylic acids is 4. The van der Waals surface area contributed by atoms with Crippen LogP contribution in [0, 0.1) is 0 Å². The molecule has 3 aromatic carbocycles. The first-order valence-corrected chi connectivity index (χ1v) is 12.2. The van der Waals surface area contributed by atoms with Gasteiger partial charge in [0.1, 0.15) is 18.8 Å². The van der Waals surface area contributed by atoms with Gasteiger partial charge >= 0.3 is 17.9 Å². The van der Waals surface area contributed by atoms with Gasteiger partial charge in [-0.2, -0.15) is 0 Å². The number of hydrogen-bond acceptors (Lipinski definition) is 9. The summed E-state index contributed by atoms with van der Waals surface area (Å²) in [6.45, 7) is 0.755. The summed E-state index contributed by atoms with van der Waals surface area (Å²) in [5.41, 5.74) is 0.669. The number of aliphatic hydroxyl groups is 1. The Kier molecular flexibility index (Phi) is 9.03. The molecular formula is C29H27NO9. The highest BCUT2D eigenvalue weighted by Crippen LogP contribution is 2.28. The van der Waals surface area contributed by atoms with Gasteiger partial charge in [0.05, 0.1) is 16.7 Å². The van der Waals surface area contributed by atoms with E-state index in [-0.39, 0.29) is 16.7 Å². The second-order valence-electron chi connectivity index (χ2n) is 8.73. The van der Waals surface area contributed by atoms with Crippen molar-refractivity contribution in [2.45, 2.75) is 37.6 Å². The van der Waals surface area contributed by atoms with Gasteiger partial charge in [-0.1, -0.05) is 54.6 Å². The van der Waals surface area contributed by atoms with Gasteiger partial charge in [0.25, 0.3) is 0 Å². The third kappa shape index (κ3) is 7.07. The van der Waals surface area contributed by atoms with Crippen molar-refractivity contribution in [2.24, 2.45) is 0 Å². The van der Waals surface area contributed by atoms with Crippen LogP contribution in [0.3, 0.4) is 0 Å². The van der Waals surface area contributed by atoms with Gasteiger partial charge in [-0.3, -0.25) is 4.79 Å². The summed E-state index contributed by atoms with van der Waals surface area (Å²) in [5.74, 6) is -2.79. The number of hydrogen-bond donors (Lipinski definition) is 2. The van der Waals surface area contributed by atoms with Crippen molar-refractivity contribution < 1.29 is 43.2 Å². The van der Waals surface area contributed by atoms with Crippen LogP contribution >= 0.6 is 0 Å². The normalized spacial score (nSPS) is 22.3. The number of benzene rings is 3. The highest BCUT2D eigenvalue weighted by molar-refractivity contribution is 5.91. The number of esters is 3. The van der Waals surface area contributed by atoms with Crippen LogP contribution in [0.25, 0.3) is 0 Å². The predicted octanol–water partition coefficient (Wildman–Crippen LogP) is 2.52. The maximum absolute atomic E-state index is 13.1. The van der Waals surface area contributed by atoms with Gasteiger partial charge in [0, 0.05) is 6.92 Å². The lowest BCUT2D eigenvalue weighted by Crippen LogP contribution is -2.66. The molecule has 0 saturated carbocycles. The Morgan fingerprint density at radius 1 is 0.718 bits per heavy atom. The fourth-order valence-corrected chi connectivity index (χ4v) is 4.07. The minimum Gasteiger partial charge on any atom is -0.459 e. The molecule has 1 aliphatic heterocycles. The molecule has 0 radical (unpaired) electrons. The van der Waals surface area contributed by atoms with Gasteiger partial charge in [0.2, 0.25) is 5.91 Å². The quantitative estimate of drug-likeness (QED) is 0.330. The zero-order valence-corrected chi connectivity index (χ0v) is 21.0. The summed E-state index contributed by atoms with van der Waals surface area (Å²) in [6, 6.07) is 23.0. The Morgan fingerprint density at radius 3 is 1.62 bits per heavy atom. The minimum atomic E-state index is -1.69. The maximum Gasteiger partial charge on any atom is 0.338 e. The monoisotopic (exact) mass is 533 g/mol. The second kappa shape index (κ2) is 12.8. The highest BCUT2D eigenvalue weighted by Gasteiger charge is 2.51. The van der Waals surface area contributed by atoms with Crippen molar-refractivity contribution in [2.75, 3.05) is 6.61 Å². The van der Waals surface area contributed by atoms with E-state index in [1.165, 1.54) is 31.2 Å². The predicted molar refractivity (Wildman–Crippen MR) is 136 cm³/mol. The van der Waals surface area contributed by atoms with Crippen molar-refractivity contribution in [1.82, 2.24) is 5.32 Å². The lowest BCUT2D eigenvalue weighted by molar-refractivity contribution is -0.253. The minimum absolute atomic E-state index is 0.195. The topological polar surface area (TPSA) is 137 Å². The summed E-state index contributed by atoms with van der Waals surface area (Å²) < 4.78 is 22.5. The van der Waals surface area contributed by atoms with E-state index in [9.17, 15) is 24.3 Å². The molecule has 0 aromatic heterocycles. The molecule has 0 spiro atoms. The van der Waals surface area contributed by atoms with Gasteiger partial charge in [0.15, 0.2) is 18.5 Å². The Bertz CT molecular complexity index is 1280. The molecule has 0 unspecified atom stereocenters. The van der Waals surface area contributed by atoms with Crippen LogP contribution in [-0.2, 0) is 23.7 Å². The highest BCUT2D eigenvalue weighted by atomic mass is 16.7. The van der Waals surface area contributed by atoms with Gasteiger partial charge in [-0.05, 0) is 36.4 Å². The molecular weight excluding hydrogens is 506 g/mol. The van der Waals surface area contributed by atoms with Crippen LogP contribution in [0.4, 0.5) is 0 Å². The first-order valence-electron chi connectivity index (χ1n) is 12.2. The van der Waals surface area contributed by atoms with E-state index in [4.69, 9.17) is 18.9 Å². The molecule has 1 aliphatic rings. The summed E-state index contributed by atoms with van der Waals surface area (Å²) >= 11 is 0. The van der Waals surface area contributed by atoms with Crippen LogP contribution in [0.15, 0.2) is 91.0 Å². The van der Waals surface area contributed by atoms with E-state index in [0.29, 0.717) is 0 Å². The van der Waals surface area contributed by atoms with Crippen LogP contribution in [0.1, 0.15) is 38.0 Å². The van der Waals surface area contributed by atoms with Crippen molar-refractivity contribution in [1.29, 1.82) is 0 Å². The Labute approximate surface area is 224 Å². The molecule has 39 heavy (non-hydrogen) atoms. The SMILES string of the molecule is CC(=O)N[C@H]1[C@@H](OC(=O)c2ccccc2)[C@H](OC(=O)c2ccccc2)[C@H](COC(=O)c2ccccc2)O[C@H]1O. The van der Waals surface area contributed by atoms with Gasteiger partial charge in [-0.25, -0.2) is 14.4 Å². The summed E-state index contributed by atoms with van der Waals surface area (Å²) in [4.78, 5) is 50.6. The average molecular weight is 534 g/mol. The second-order valence-corrected chi connectivity index (χ2v) is 8.73. The van der Waals surface area contributed by atoms with E-state index in [0.717, 1.165) is 0 Å². The van der Waals surface area contributed by atoms with Gasteiger partial charge in [-0.15, -0.1) is 0 Å². The number of amides is 1. The zero-order chi connectivity index (χ0) is 27.8. The number of rotatable bonds is 8. The lowest BCUT2D eigenvalue weighted by atomic mass is 9.96. The third-order valence-electron chi connectivity index (χ3n) is 5.93. The molecule has 3 aromatic rings. The summed E-state index contributed by atoms with van der Waals surface area (Å²) in [5, 5.41) is 13.3. The van der Waals surface area contributed by atoms with E-state index < -0.39 is 61.1 Å². The third-order valence-corrected chi connectivity index (χ3v) is 5.93. The Balaban J connectivity index is 1.64. The van der Waals surface area contributed by atoms with Gasteiger partial charge < -0.3 is 29.4 Å². The number of ether oxygens (including phenoxy) is 4. The average Bonchev–Trinajstić information content (AvgIpc) is 2.96. The molecule has 0 aliphatic carbocycles. The number of aliphatic hydroxyl groups excluding tert-OH is 1. The van der Waals surface area contributed by atoms with Crippen molar-refractivity contribution in [3.8, 4) is 0 Å². The van der Waals surface area contributed by atoms with E-state index in [1.807, 2.05) is 0 Å². The Morgan fingerprint density at radius 2 is 1.15 bits per heavy atom. The molecule has 1 fully saturated rings. The van der Waals surface area contributed by atoms with E-state index in [1.54, 1.807) is 66.7 Å². The Hall–Kier alpha value is -4.54. The number of carbonyl (C=O) groups is 4. The molecule has 1 heterocycles. The van der Waals surface area contributed by atoms with Crippen LogP contribution in [-0.4, -0.2) is 66.2 Å². The maximum atomic E-state index is 13.1. The van der Waals surface area contributed by atoms with E-state index in [2.05, 4.69) is 5.32 Å². The first-order chi connectivity index (χ1) is 18.8. The molecule has 5 atom stereocenters. The molecule has 10 nitrogen and oxygen atoms in total. The molecule has 202 valence electrons. The fourth-order valence-electron chi connectivity index (χ4n) is 4.07. The molecule has 10 heteroatoms. The molecule has 4 rings (SSSR count). The van der Waals surface area contributed by atoms with Crippen LogP contribution in [0.5, 0.6) is 0 Å². The molecule has 1 saturated heterocycles. The molecule has 1 amide bonds. The molecule has 0 bridgehead atoms. The van der Waals surface area contributed by atoms with Crippen LogP contribution < -0.4 is 5.32 Å². The fraction of sp³-hybridized carbons (Fsp3) is 0.241. The van der Waals surface area contributed by atoms with Crippen molar-refractivity contribution in [3.05, 3.63) is 108 Å². The van der Waals surface area contributed by atoms with Crippen molar-refractivity contribution in [3.63, 3.8) is 0 Å². The van der Waals surface area contributed by atoms with Crippen molar-refractivity contribution >= 4 is 23.8 Å². The smallest absolute Gasteiger partial charge is 0.338 e. The summed E-state index contributed by atoms with van der Waals surface area (Å²) in [6.07, 6.45) is -5.72. The lowest BCUT2D eigenvalue weighted by Gasteiger charge is -2.43. The standard InChI is InChI=1S/C29H27NO9/c1-18(31)30-23-25(39-28(34)21-15-9-4-10-16-21)24(38-27(33)20-13-7-3-8-14-20)22(37-29(23)35)17-36-26(32)19-11-5-2-6-12-19/h2-16,22-25,29,35H,17H2,1H3,(H,30,31)/t22-,23-,24+,25+,29+/m0/s1. The number of nitrogens with one attached hydrogen (secondary N) is 1.